The summed E-state index contributed by atoms with van der Waals surface area (Å²) >= 11 is 6.07. The largest absolute Gasteiger partial charge is 0.316 e. The van der Waals surface area contributed by atoms with E-state index in [1.54, 1.807) is 0 Å². The zero-order chi connectivity index (χ0) is 12.7. The van der Waals surface area contributed by atoms with Gasteiger partial charge in [-0.2, -0.15) is 0 Å². The molecule has 0 amide bonds. The first-order chi connectivity index (χ1) is 8.13. The van der Waals surface area contributed by atoms with Crippen molar-refractivity contribution in [2.45, 2.75) is 39.5 Å². The summed E-state index contributed by atoms with van der Waals surface area (Å²) in [5.41, 5.74) is 1.36. The van der Waals surface area contributed by atoms with Crippen LogP contribution in [-0.2, 0) is 0 Å². The summed E-state index contributed by atoms with van der Waals surface area (Å²) in [5, 5.41) is 4.35. The van der Waals surface area contributed by atoms with E-state index in [1.807, 2.05) is 12.1 Å². The van der Waals surface area contributed by atoms with Crippen LogP contribution in [0.4, 0.5) is 0 Å². The molecule has 17 heavy (non-hydrogen) atoms. The second kappa shape index (κ2) is 7.73. The molecule has 0 bridgehead atoms. The third-order valence-corrected chi connectivity index (χ3v) is 3.13. The van der Waals surface area contributed by atoms with E-state index in [1.165, 1.54) is 18.4 Å². The molecule has 1 aromatic carbocycles. The lowest BCUT2D eigenvalue weighted by Crippen LogP contribution is -2.23. The van der Waals surface area contributed by atoms with Gasteiger partial charge in [0, 0.05) is 11.6 Å². The number of rotatable bonds is 7. The maximum Gasteiger partial charge on any atom is 0.0408 e. The Bertz CT molecular complexity index is 322. The van der Waals surface area contributed by atoms with E-state index in [9.17, 15) is 0 Å². The van der Waals surface area contributed by atoms with Crippen molar-refractivity contribution in [3.63, 3.8) is 0 Å². The third-order valence-electron chi connectivity index (χ3n) is 2.89. The van der Waals surface area contributed by atoms with Crippen LogP contribution in [0.15, 0.2) is 24.3 Å². The van der Waals surface area contributed by atoms with Gasteiger partial charge in [0.1, 0.15) is 0 Å². The predicted octanol–water partition coefficient (Wildman–Crippen LogP) is 4.47. The third kappa shape index (κ3) is 5.56. The van der Waals surface area contributed by atoms with Crippen molar-refractivity contribution in [2.75, 3.05) is 13.1 Å². The molecule has 0 heterocycles. The van der Waals surface area contributed by atoms with Gasteiger partial charge in [0.05, 0.1) is 0 Å². The lowest BCUT2D eigenvalue weighted by Gasteiger charge is -2.20. The van der Waals surface area contributed by atoms with Gasteiger partial charge in [-0.05, 0) is 48.9 Å². The van der Waals surface area contributed by atoms with Crippen LogP contribution in [0.3, 0.4) is 0 Å². The van der Waals surface area contributed by atoms with Crippen molar-refractivity contribution in [2.24, 2.45) is 5.92 Å². The lowest BCUT2D eigenvalue weighted by molar-refractivity contribution is 0.470. The van der Waals surface area contributed by atoms with Crippen LogP contribution in [-0.4, -0.2) is 13.1 Å². The van der Waals surface area contributed by atoms with Crippen LogP contribution < -0.4 is 5.32 Å². The van der Waals surface area contributed by atoms with E-state index < -0.39 is 0 Å². The fraction of sp³-hybridized carbons (Fsp3) is 0.600. The summed E-state index contributed by atoms with van der Waals surface area (Å²) in [6.07, 6.45) is 2.39. The standard InChI is InChI=1S/C15H24ClN/c1-4-8-17-11-14(9-12(2)3)13-6-5-7-15(16)10-13/h5-7,10,12,14,17H,4,8-9,11H2,1-3H3. The molecule has 0 aliphatic heterocycles. The van der Waals surface area contributed by atoms with Crippen molar-refractivity contribution < 1.29 is 0 Å². The van der Waals surface area contributed by atoms with Crippen LogP contribution in [0.2, 0.25) is 5.02 Å². The molecule has 0 radical (unpaired) electrons. The number of nitrogens with one attached hydrogen (secondary N) is 1. The number of hydrogen-bond donors (Lipinski definition) is 1. The van der Waals surface area contributed by atoms with Crippen molar-refractivity contribution in [1.82, 2.24) is 5.32 Å². The first kappa shape index (κ1) is 14.5. The minimum atomic E-state index is 0.570. The minimum Gasteiger partial charge on any atom is -0.316 e. The molecular weight excluding hydrogens is 230 g/mol. The number of halogens is 1. The Balaban J connectivity index is 2.67. The second-order valence-corrected chi connectivity index (χ2v) is 5.52. The average molecular weight is 254 g/mol. The molecule has 2 heteroatoms. The first-order valence-electron chi connectivity index (χ1n) is 6.59. The minimum absolute atomic E-state index is 0.570. The quantitative estimate of drug-likeness (QED) is 0.707. The molecule has 1 atom stereocenters. The van der Waals surface area contributed by atoms with Gasteiger partial charge in [0.25, 0.3) is 0 Å². The van der Waals surface area contributed by atoms with E-state index in [-0.39, 0.29) is 0 Å². The Labute approximate surface area is 111 Å². The molecule has 0 spiro atoms. The van der Waals surface area contributed by atoms with Gasteiger partial charge in [-0.15, -0.1) is 0 Å². The molecule has 0 aliphatic carbocycles. The molecular formula is C15H24ClN. The summed E-state index contributed by atoms with van der Waals surface area (Å²) in [4.78, 5) is 0. The highest BCUT2D eigenvalue weighted by molar-refractivity contribution is 6.30. The summed E-state index contributed by atoms with van der Waals surface area (Å²) < 4.78 is 0. The van der Waals surface area contributed by atoms with Gasteiger partial charge in [0.2, 0.25) is 0 Å². The molecule has 0 fully saturated rings. The van der Waals surface area contributed by atoms with Gasteiger partial charge in [-0.3, -0.25) is 0 Å². The monoisotopic (exact) mass is 253 g/mol. The molecule has 0 aliphatic rings. The van der Waals surface area contributed by atoms with E-state index in [4.69, 9.17) is 11.6 Å². The Hall–Kier alpha value is -0.530. The molecule has 1 nitrogen and oxygen atoms in total. The van der Waals surface area contributed by atoms with Gasteiger partial charge >= 0.3 is 0 Å². The SMILES string of the molecule is CCCNCC(CC(C)C)c1cccc(Cl)c1. The lowest BCUT2D eigenvalue weighted by atomic mass is 9.90. The Morgan fingerprint density at radius 3 is 2.65 bits per heavy atom. The van der Waals surface area contributed by atoms with Crippen molar-refractivity contribution in [1.29, 1.82) is 0 Å². The van der Waals surface area contributed by atoms with E-state index in [0.717, 1.165) is 18.1 Å². The molecule has 0 aromatic heterocycles. The predicted molar refractivity (Wildman–Crippen MR) is 76.8 cm³/mol. The smallest absolute Gasteiger partial charge is 0.0408 e. The maximum atomic E-state index is 6.07. The Morgan fingerprint density at radius 1 is 1.29 bits per heavy atom. The number of hydrogen-bond acceptors (Lipinski definition) is 1. The summed E-state index contributed by atoms with van der Waals surface area (Å²) in [7, 11) is 0. The molecule has 96 valence electrons. The first-order valence-corrected chi connectivity index (χ1v) is 6.97. The normalized spacial score (nSPS) is 13.0. The number of benzene rings is 1. The van der Waals surface area contributed by atoms with Gasteiger partial charge in [-0.1, -0.05) is 44.5 Å². The van der Waals surface area contributed by atoms with Crippen LogP contribution >= 0.6 is 11.6 Å². The summed E-state index contributed by atoms with van der Waals surface area (Å²) in [6.45, 7) is 8.89. The highest BCUT2D eigenvalue weighted by atomic mass is 35.5. The topological polar surface area (TPSA) is 12.0 Å². The molecule has 1 rings (SSSR count). The summed E-state index contributed by atoms with van der Waals surface area (Å²) in [6, 6.07) is 8.27. The van der Waals surface area contributed by atoms with Gasteiger partial charge in [0.15, 0.2) is 0 Å². The van der Waals surface area contributed by atoms with Crippen LogP contribution in [0, 0.1) is 5.92 Å². The van der Waals surface area contributed by atoms with Crippen molar-refractivity contribution in [3.8, 4) is 0 Å². The van der Waals surface area contributed by atoms with E-state index >= 15 is 0 Å². The van der Waals surface area contributed by atoms with E-state index in [0.29, 0.717) is 11.8 Å². The molecule has 1 N–H and O–H groups in total. The van der Waals surface area contributed by atoms with Gasteiger partial charge in [-0.25, -0.2) is 0 Å². The highest BCUT2D eigenvalue weighted by Crippen LogP contribution is 2.25. The molecule has 0 saturated carbocycles. The molecule has 0 saturated heterocycles. The second-order valence-electron chi connectivity index (χ2n) is 5.09. The maximum absolute atomic E-state index is 6.07. The van der Waals surface area contributed by atoms with Gasteiger partial charge < -0.3 is 5.32 Å². The van der Waals surface area contributed by atoms with Crippen LogP contribution in [0.1, 0.15) is 45.1 Å². The fourth-order valence-electron chi connectivity index (χ4n) is 2.12. The Morgan fingerprint density at radius 2 is 2.06 bits per heavy atom. The molecule has 1 aromatic rings. The summed E-state index contributed by atoms with van der Waals surface area (Å²) in [5.74, 6) is 1.28. The van der Waals surface area contributed by atoms with Crippen molar-refractivity contribution >= 4 is 11.6 Å². The Kier molecular flexibility index (Phi) is 6.61. The van der Waals surface area contributed by atoms with Crippen LogP contribution in [0.25, 0.3) is 0 Å². The van der Waals surface area contributed by atoms with Crippen LogP contribution in [0.5, 0.6) is 0 Å². The zero-order valence-electron chi connectivity index (χ0n) is 11.2. The van der Waals surface area contributed by atoms with E-state index in [2.05, 4.69) is 38.2 Å². The average Bonchev–Trinajstić information content (AvgIpc) is 2.27. The fourth-order valence-corrected chi connectivity index (χ4v) is 2.32. The highest BCUT2D eigenvalue weighted by Gasteiger charge is 2.13. The zero-order valence-corrected chi connectivity index (χ0v) is 11.9. The molecule has 1 unspecified atom stereocenters. The van der Waals surface area contributed by atoms with Crippen molar-refractivity contribution in [3.05, 3.63) is 34.9 Å².